The molecule has 0 radical (unpaired) electrons. The number of allylic oxidation sites excluding steroid dienone is 5. The third kappa shape index (κ3) is 4.96. The Balaban J connectivity index is 0.000000162. The predicted octanol–water partition coefficient (Wildman–Crippen LogP) is 3.55. The number of aliphatic hydroxyl groups is 5. The highest BCUT2D eigenvalue weighted by Crippen LogP contribution is 2.68. The topological polar surface area (TPSA) is 186 Å². The number of hydrogen-bond donors (Lipinski definition) is 5. The van der Waals surface area contributed by atoms with Gasteiger partial charge < -0.3 is 25.5 Å². The fourth-order valence-corrected chi connectivity index (χ4v) is 13.9. The van der Waals surface area contributed by atoms with E-state index in [1.165, 1.54) is 5.57 Å². The molecule has 0 saturated heterocycles. The lowest BCUT2D eigenvalue weighted by Crippen LogP contribution is -2.62. The summed E-state index contributed by atoms with van der Waals surface area (Å²) in [6.45, 7) is 6.65. The van der Waals surface area contributed by atoms with Crippen LogP contribution in [0.2, 0.25) is 0 Å². The van der Waals surface area contributed by atoms with Crippen LogP contribution in [0.4, 0.5) is 0 Å². The molecule has 8 aliphatic carbocycles. The lowest BCUT2D eigenvalue weighted by atomic mass is 9.45. The van der Waals surface area contributed by atoms with E-state index in [-0.39, 0.29) is 64.7 Å². The van der Waals surface area contributed by atoms with E-state index in [2.05, 4.69) is 6.92 Å². The van der Waals surface area contributed by atoms with Crippen molar-refractivity contribution in [2.75, 3.05) is 13.2 Å². The Labute approximate surface area is 305 Å². The molecule has 52 heavy (non-hydrogen) atoms. The quantitative estimate of drug-likeness (QED) is 0.288. The Morgan fingerprint density at radius 2 is 1.33 bits per heavy atom. The van der Waals surface area contributed by atoms with Crippen molar-refractivity contribution in [3.8, 4) is 0 Å². The van der Waals surface area contributed by atoms with Gasteiger partial charge in [0.2, 0.25) is 0 Å². The second-order valence-electron chi connectivity index (χ2n) is 18.6. The van der Waals surface area contributed by atoms with Crippen LogP contribution in [0.5, 0.6) is 0 Å². The first-order valence-electron chi connectivity index (χ1n) is 19.5. The van der Waals surface area contributed by atoms with Crippen molar-refractivity contribution in [1.82, 2.24) is 0 Å². The molecule has 0 bridgehead atoms. The van der Waals surface area contributed by atoms with E-state index in [1.807, 2.05) is 26.8 Å². The van der Waals surface area contributed by atoms with E-state index in [0.29, 0.717) is 32.1 Å². The highest BCUT2D eigenvalue weighted by Gasteiger charge is 2.69. The zero-order chi connectivity index (χ0) is 37.8. The third-order valence-electron chi connectivity index (χ3n) is 16.7. The van der Waals surface area contributed by atoms with Crippen LogP contribution in [-0.4, -0.2) is 85.0 Å². The summed E-state index contributed by atoms with van der Waals surface area (Å²) in [6, 6.07) is 0. The van der Waals surface area contributed by atoms with Gasteiger partial charge >= 0.3 is 0 Å². The molecule has 10 heteroatoms. The molecule has 0 heterocycles. The van der Waals surface area contributed by atoms with Crippen LogP contribution < -0.4 is 0 Å². The first kappa shape index (κ1) is 37.7. The summed E-state index contributed by atoms with van der Waals surface area (Å²) >= 11 is 0. The summed E-state index contributed by atoms with van der Waals surface area (Å²) < 4.78 is 0. The van der Waals surface area contributed by atoms with E-state index < -0.39 is 58.3 Å². The first-order chi connectivity index (χ1) is 24.3. The SMILES string of the molecule is C[C@]12C=CC(=O)C=C1CC[C@@H]1[C@@H]2C(=O)C[C@@]2(C)[C@H]1CC[C@]2(O)C(=O)CO.C[C@]12CCC(=O)C=C1CC[C@@H]1[C@@H]2[C@@H](O)C[C@@]2(C)[C@H]1CC[C@]2(O)C(=O)CO. The van der Waals surface area contributed by atoms with Gasteiger partial charge in [-0.1, -0.05) is 44.9 Å². The third-order valence-corrected chi connectivity index (χ3v) is 16.7. The minimum atomic E-state index is -1.62. The Hall–Kier alpha value is -2.63. The molecule has 13 atom stereocenters. The van der Waals surface area contributed by atoms with Crippen molar-refractivity contribution in [2.45, 2.75) is 122 Å². The minimum absolute atomic E-state index is 0.0206. The van der Waals surface area contributed by atoms with Crippen molar-refractivity contribution in [3.63, 3.8) is 0 Å². The van der Waals surface area contributed by atoms with Crippen LogP contribution >= 0.6 is 0 Å². The van der Waals surface area contributed by atoms with E-state index in [9.17, 15) is 49.5 Å². The van der Waals surface area contributed by atoms with Crippen LogP contribution in [0.15, 0.2) is 35.5 Å². The van der Waals surface area contributed by atoms with Gasteiger partial charge in [0.1, 0.15) is 30.2 Å². The zero-order valence-corrected chi connectivity index (χ0v) is 31.0. The number of fused-ring (bicyclic) bond motifs is 10. The van der Waals surface area contributed by atoms with E-state index in [4.69, 9.17) is 0 Å². The summed E-state index contributed by atoms with van der Waals surface area (Å²) in [5, 5.41) is 52.2. The number of hydrogen-bond acceptors (Lipinski definition) is 10. The molecular formula is C42H56O10. The van der Waals surface area contributed by atoms with Gasteiger partial charge in [0.15, 0.2) is 23.1 Å². The maximum atomic E-state index is 13.3. The van der Waals surface area contributed by atoms with Gasteiger partial charge in [0.25, 0.3) is 0 Å². The van der Waals surface area contributed by atoms with Gasteiger partial charge in [-0.15, -0.1) is 0 Å². The molecule has 6 fully saturated rings. The monoisotopic (exact) mass is 720 g/mol. The molecule has 0 unspecified atom stereocenters. The lowest BCUT2D eigenvalue weighted by molar-refractivity contribution is -0.182. The largest absolute Gasteiger partial charge is 0.393 e. The molecule has 5 N–H and O–H groups in total. The molecule has 0 aliphatic heterocycles. The minimum Gasteiger partial charge on any atom is -0.393 e. The second-order valence-corrected chi connectivity index (χ2v) is 18.6. The fraction of sp³-hybridized carbons (Fsp3) is 0.738. The van der Waals surface area contributed by atoms with Crippen LogP contribution in [0.25, 0.3) is 0 Å². The van der Waals surface area contributed by atoms with Gasteiger partial charge in [-0.05, 0) is 117 Å². The Bertz CT molecular complexity index is 1690. The van der Waals surface area contributed by atoms with Crippen molar-refractivity contribution in [2.24, 2.45) is 57.2 Å². The Morgan fingerprint density at radius 3 is 1.96 bits per heavy atom. The van der Waals surface area contributed by atoms with Crippen molar-refractivity contribution < 1.29 is 49.5 Å². The molecule has 8 aliphatic rings. The average molecular weight is 721 g/mol. The fourth-order valence-electron chi connectivity index (χ4n) is 13.9. The van der Waals surface area contributed by atoms with Crippen LogP contribution in [0.1, 0.15) is 105 Å². The molecule has 6 saturated carbocycles. The maximum Gasteiger partial charge on any atom is 0.190 e. The predicted molar refractivity (Wildman–Crippen MR) is 189 cm³/mol. The molecule has 284 valence electrons. The molecular weight excluding hydrogens is 664 g/mol. The van der Waals surface area contributed by atoms with E-state index >= 15 is 0 Å². The average Bonchev–Trinajstić information content (AvgIpc) is 3.53. The van der Waals surface area contributed by atoms with Crippen LogP contribution in [-0.2, 0) is 24.0 Å². The molecule has 0 aromatic heterocycles. The molecule has 0 aromatic rings. The van der Waals surface area contributed by atoms with Crippen molar-refractivity contribution >= 4 is 28.9 Å². The van der Waals surface area contributed by atoms with E-state index in [0.717, 1.165) is 44.1 Å². The van der Waals surface area contributed by atoms with Gasteiger partial charge in [0, 0.05) is 35.0 Å². The normalized spacial score (nSPS) is 48.8. The zero-order valence-electron chi connectivity index (χ0n) is 31.0. The number of Topliss-reactive ketones (excluding diaryl/α,β-unsaturated/α-hetero) is 3. The number of ketones is 5. The second kappa shape index (κ2) is 12.4. The van der Waals surface area contributed by atoms with Gasteiger partial charge in [0.05, 0.1) is 6.10 Å². The maximum absolute atomic E-state index is 13.3. The first-order valence-corrected chi connectivity index (χ1v) is 19.5. The Kier molecular flexibility index (Phi) is 9.02. The highest BCUT2D eigenvalue weighted by molar-refractivity contribution is 6.02. The Morgan fingerprint density at radius 1 is 0.750 bits per heavy atom. The summed E-state index contributed by atoms with van der Waals surface area (Å²) in [7, 11) is 0. The highest BCUT2D eigenvalue weighted by atomic mass is 16.3. The smallest absolute Gasteiger partial charge is 0.190 e. The number of rotatable bonds is 4. The van der Waals surface area contributed by atoms with Gasteiger partial charge in [-0.25, -0.2) is 0 Å². The summed E-state index contributed by atoms with van der Waals surface area (Å²) in [5.41, 5.74) is -3.09. The number of carbonyl (C=O) groups is 5. The lowest BCUT2D eigenvalue weighted by Gasteiger charge is -2.60. The summed E-state index contributed by atoms with van der Waals surface area (Å²) in [6.07, 6.45) is 13.6. The van der Waals surface area contributed by atoms with Crippen LogP contribution in [0.3, 0.4) is 0 Å². The summed E-state index contributed by atoms with van der Waals surface area (Å²) in [4.78, 5) is 61.6. The van der Waals surface area contributed by atoms with Crippen molar-refractivity contribution in [1.29, 1.82) is 0 Å². The van der Waals surface area contributed by atoms with Crippen LogP contribution in [0, 0.1) is 57.2 Å². The van der Waals surface area contributed by atoms with Crippen molar-refractivity contribution in [3.05, 3.63) is 35.5 Å². The van der Waals surface area contributed by atoms with Gasteiger partial charge in [-0.3, -0.25) is 24.0 Å². The van der Waals surface area contributed by atoms with Gasteiger partial charge in [-0.2, -0.15) is 0 Å². The summed E-state index contributed by atoms with van der Waals surface area (Å²) in [5.74, 6) is -0.450. The van der Waals surface area contributed by atoms with E-state index in [1.54, 1.807) is 18.2 Å². The molecule has 10 nitrogen and oxygen atoms in total. The number of carbonyl (C=O) groups excluding carboxylic acids is 5. The molecule has 0 amide bonds. The number of aliphatic hydroxyl groups excluding tert-OH is 3. The molecule has 0 spiro atoms. The molecule has 8 rings (SSSR count). The standard InChI is InChI=1S/C21H30O5.C21H26O5/c2*1-19-7-5-13(23)9-12(19)3-4-14-15-6-8-21(26,17(25)11-22)20(15,2)10-16(24)18(14)19/h9,14-16,18,22,24,26H,3-8,10-11H2,1-2H3;5,7,9,14-15,18,22,26H,3-4,6,8,10-11H2,1-2H3/t14-,15-,16-,18+,19-,20-,21-;14-,15-,18+,19-,20-,21-/m00/s1. The molecule has 0 aromatic carbocycles.